The largest absolute Gasteiger partial charge is 0.411 e. The third-order valence-electron chi connectivity index (χ3n) is 8.27. The van der Waals surface area contributed by atoms with E-state index in [2.05, 4.69) is 19.0 Å². The van der Waals surface area contributed by atoms with Crippen LogP contribution in [0.3, 0.4) is 0 Å². The van der Waals surface area contributed by atoms with Crippen molar-refractivity contribution >= 4 is 11.5 Å². The Kier molecular flexibility index (Phi) is 3.22. The fourth-order valence-electron chi connectivity index (χ4n) is 7.03. The van der Waals surface area contributed by atoms with Crippen molar-refractivity contribution in [3.8, 4) is 0 Å². The first-order valence-electron chi connectivity index (χ1n) is 9.22. The van der Waals surface area contributed by atoms with E-state index in [-0.39, 0.29) is 11.2 Å². The van der Waals surface area contributed by atoms with Gasteiger partial charge >= 0.3 is 0 Å². The molecule has 3 nitrogen and oxygen atoms in total. The average Bonchev–Trinajstić information content (AvgIpc) is 2.89. The number of hydrogen-bond acceptors (Lipinski definition) is 3. The quantitative estimate of drug-likeness (QED) is 0.531. The second-order valence-electron chi connectivity index (χ2n) is 9.09. The van der Waals surface area contributed by atoms with Crippen LogP contribution in [0.25, 0.3) is 0 Å². The first kappa shape index (κ1) is 14.7. The van der Waals surface area contributed by atoms with Crippen LogP contribution in [-0.4, -0.2) is 16.7 Å². The van der Waals surface area contributed by atoms with E-state index < -0.39 is 0 Å². The lowest BCUT2D eigenvalue weighted by Crippen LogP contribution is -2.54. The van der Waals surface area contributed by atoms with Gasteiger partial charge in [-0.25, -0.2) is 0 Å². The Hall–Kier alpha value is -0.860. The van der Waals surface area contributed by atoms with Crippen molar-refractivity contribution in [2.45, 2.75) is 71.6 Å². The maximum Gasteiger partial charge on any atom is 0.180 e. The summed E-state index contributed by atoms with van der Waals surface area (Å²) in [5.74, 6) is 3.07. The van der Waals surface area contributed by atoms with Gasteiger partial charge in [-0.15, -0.1) is 0 Å². The SMILES string of the molecule is C[C@]12CCC[C@@H]1[C@@H]1CC[C@H]3CC(=O)/C(=N/O)C[C@]3(C)[C@H]1CC2. The highest BCUT2D eigenvalue weighted by Crippen LogP contribution is 2.65. The molecule has 4 saturated carbocycles. The molecule has 3 heteroatoms. The molecule has 4 rings (SSSR count). The minimum absolute atomic E-state index is 0.0879. The van der Waals surface area contributed by atoms with Gasteiger partial charge in [-0.05, 0) is 73.0 Å². The summed E-state index contributed by atoms with van der Waals surface area (Å²) in [7, 11) is 0. The van der Waals surface area contributed by atoms with Crippen LogP contribution in [-0.2, 0) is 4.79 Å². The summed E-state index contributed by atoms with van der Waals surface area (Å²) >= 11 is 0. The van der Waals surface area contributed by atoms with Gasteiger partial charge in [0, 0.05) is 12.8 Å². The van der Waals surface area contributed by atoms with Gasteiger partial charge in [0.1, 0.15) is 5.71 Å². The average molecular weight is 303 g/mol. The molecule has 0 unspecified atom stereocenters. The Labute approximate surface area is 133 Å². The van der Waals surface area contributed by atoms with Crippen molar-refractivity contribution in [2.75, 3.05) is 0 Å². The van der Waals surface area contributed by atoms with E-state index in [0.29, 0.717) is 29.9 Å². The highest BCUT2D eigenvalue weighted by molar-refractivity contribution is 6.40. The molecule has 0 bridgehead atoms. The van der Waals surface area contributed by atoms with Gasteiger partial charge in [0.25, 0.3) is 0 Å². The van der Waals surface area contributed by atoms with Crippen LogP contribution in [0.15, 0.2) is 5.16 Å². The van der Waals surface area contributed by atoms with E-state index in [1.54, 1.807) is 0 Å². The predicted octanol–water partition coefficient (Wildman–Crippen LogP) is 4.43. The van der Waals surface area contributed by atoms with Crippen LogP contribution < -0.4 is 0 Å². The Morgan fingerprint density at radius 1 is 1.09 bits per heavy atom. The van der Waals surface area contributed by atoms with Crippen LogP contribution in [0, 0.1) is 34.5 Å². The van der Waals surface area contributed by atoms with Crippen molar-refractivity contribution in [1.82, 2.24) is 0 Å². The molecule has 22 heavy (non-hydrogen) atoms. The Morgan fingerprint density at radius 3 is 2.68 bits per heavy atom. The van der Waals surface area contributed by atoms with Gasteiger partial charge in [-0.2, -0.15) is 0 Å². The number of carbonyl (C=O) groups excluding carboxylic acids is 1. The Bertz CT molecular complexity index is 528. The molecule has 122 valence electrons. The molecule has 1 N–H and O–H groups in total. The van der Waals surface area contributed by atoms with Crippen LogP contribution in [0.5, 0.6) is 0 Å². The van der Waals surface area contributed by atoms with Crippen molar-refractivity contribution in [3.05, 3.63) is 0 Å². The van der Waals surface area contributed by atoms with E-state index >= 15 is 0 Å². The molecule has 0 aromatic heterocycles. The number of carbonyl (C=O) groups is 1. The minimum Gasteiger partial charge on any atom is -0.411 e. The molecule has 0 amide bonds. The van der Waals surface area contributed by atoms with E-state index in [9.17, 15) is 10.0 Å². The van der Waals surface area contributed by atoms with Crippen LogP contribution in [0.2, 0.25) is 0 Å². The molecule has 4 aliphatic carbocycles. The van der Waals surface area contributed by atoms with Gasteiger partial charge in [-0.3, -0.25) is 4.79 Å². The topological polar surface area (TPSA) is 49.7 Å². The van der Waals surface area contributed by atoms with E-state index in [1.165, 1.54) is 44.9 Å². The predicted molar refractivity (Wildman–Crippen MR) is 86.0 cm³/mol. The molecule has 6 atom stereocenters. The van der Waals surface area contributed by atoms with Gasteiger partial charge in [0.2, 0.25) is 0 Å². The van der Waals surface area contributed by atoms with E-state index in [4.69, 9.17) is 0 Å². The van der Waals surface area contributed by atoms with E-state index in [1.807, 2.05) is 0 Å². The smallest absolute Gasteiger partial charge is 0.180 e. The Morgan fingerprint density at radius 2 is 1.91 bits per heavy atom. The highest BCUT2D eigenvalue weighted by Gasteiger charge is 2.58. The first-order chi connectivity index (χ1) is 10.5. The fraction of sp³-hybridized carbons (Fsp3) is 0.895. The summed E-state index contributed by atoms with van der Waals surface area (Å²) in [5.41, 5.74) is 1.21. The summed E-state index contributed by atoms with van der Waals surface area (Å²) in [6.45, 7) is 4.92. The zero-order chi connectivity index (χ0) is 15.5. The van der Waals surface area contributed by atoms with Gasteiger partial charge in [-0.1, -0.05) is 25.4 Å². The number of ketones is 1. The second-order valence-corrected chi connectivity index (χ2v) is 9.09. The van der Waals surface area contributed by atoms with Crippen molar-refractivity contribution < 1.29 is 10.0 Å². The molecule has 0 saturated heterocycles. The van der Waals surface area contributed by atoms with Crippen molar-refractivity contribution in [1.29, 1.82) is 0 Å². The maximum atomic E-state index is 12.1. The lowest BCUT2D eigenvalue weighted by molar-refractivity contribution is -0.125. The summed E-state index contributed by atoms with van der Waals surface area (Å²) < 4.78 is 0. The maximum absolute atomic E-state index is 12.1. The zero-order valence-corrected chi connectivity index (χ0v) is 14.0. The number of rotatable bonds is 0. The first-order valence-corrected chi connectivity index (χ1v) is 9.22. The third-order valence-corrected chi connectivity index (χ3v) is 8.27. The van der Waals surface area contributed by atoms with Crippen LogP contribution >= 0.6 is 0 Å². The molecule has 4 aliphatic rings. The molecule has 0 spiro atoms. The van der Waals surface area contributed by atoms with E-state index in [0.717, 1.165) is 17.8 Å². The number of Topliss-reactive ketones (excluding diaryl/α,β-unsaturated/α-hetero) is 1. The molecular weight excluding hydrogens is 274 g/mol. The molecule has 0 heterocycles. The number of hydrogen-bond donors (Lipinski definition) is 1. The third kappa shape index (κ3) is 1.86. The molecule has 0 aliphatic heterocycles. The molecule has 4 fully saturated rings. The summed E-state index contributed by atoms with van der Waals surface area (Å²) in [4.78, 5) is 12.1. The Balaban J connectivity index is 1.66. The normalized spacial score (nSPS) is 53.0. The van der Waals surface area contributed by atoms with Crippen LogP contribution in [0.1, 0.15) is 71.6 Å². The second kappa shape index (κ2) is 4.82. The highest BCUT2D eigenvalue weighted by atomic mass is 16.4. The standard InChI is InChI=1S/C19H29NO2/c1-18-8-3-4-14(18)13-6-5-12-10-17(21)16(20-22)11-19(12,2)15(13)7-9-18/h12-15,22H,3-11H2,1-2H3/b20-16+/t12-,13-,14+,15-,18+,19-/m0/s1. The summed E-state index contributed by atoms with van der Waals surface area (Å²) in [6, 6.07) is 0. The number of fused-ring (bicyclic) bond motifs is 5. The number of oxime groups is 1. The monoisotopic (exact) mass is 303 g/mol. The molecule has 0 aromatic rings. The van der Waals surface area contributed by atoms with Crippen LogP contribution in [0.4, 0.5) is 0 Å². The zero-order valence-electron chi connectivity index (χ0n) is 14.0. The van der Waals surface area contributed by atoms with Gasteiger partial charge in [0.15, 0.2) is 5.78 Å². The lowest BCUT2D eigenvalue weighted by atomic mass is 9.45. The van der Waals surface area contributed by atoms with Crippen molar-refractivity contribution in [3.63, 3.8) is 0 Å². The van der Waals surface area contributed by atoms with Gasteiger partial charge in [0.05, 0.1) is 0 Å². The van der Waals surface area contributed by atoms with Gasteiger partial charge < -0.3 is 5.21 Å². The summed E-state index contributed by atoms with van der Waals surface area (Å²) in [5, 5.41) is 12.6. The van der Waals surface area contributed by atoms with Crippen molar-refractivity contribution in [2.24, 2.45) is 39.7 Å². The molecule has 0 radical (unpaired) electrons. The lowest BCUT2D eigenvalue weighted by Gasteiger charge is -2.59. The molecular formula is C19H29NO2. The summed E-state index contributed by atoms with van der Waals surface area (Å²) in [6.07, 6.45) is 10.8. The minimum atomic E-state index is 0.0879. The molecule has 0 aromatic carbocycles. The fourth-order valence-corrected chi connectivity index (χ4v) is 7.03. The number of nitrogens with zero attached hydrogens (tertiary/aromatic N) is 1.